The SMILES string of the molecule is C#CCCNCC1CCCC1O. The fourth-order valence-electron chi connectivity index (χ4n) is 1.70. The third-order valence-corrected chi connectivity index (χ3v) is 2.47. The fraction of sp³-hybridized carbons (Fsp3) is 0.800. The second kappa shape index (κ2) is 5.18. The number of hydrogen-bond acceptors (Lipinski definition) is 2. The van der Waals surface area contributed by atoms with E-state index in [0.29, 0.717) is 5.92 Å². The van der Waals surface area contributed by atoms with E-state index < -0.39 is 0 Å². The first-order chi connectivity index (χ1) is 5.84. The quantitative estimate of drug-likeness (QED) is 0.478. The molecule has 0 amide bonds. The first kappa shape index (κ1) is 9.57. The molecule has 1 rings (SSSR count). The Morgan fingerprint density at radius 3 is 2.92 bits per heavy atom. The van der Waals surface area contributed by atoms with Crippen LogP contribution in [0, 0.1) is 18.3 Å². The van der Waals surface area contributed by atoms with Gasteiger partial charge in [-0.25, -0.2) is 0 Å². The van der Waals surface area contributed by atoms with Gasteiger partial charge in [0.15, 0.2) is 0 Å². The Hall–Kier alpha value is -0.520. The fourth-order valence-corrected chi connectivity index (χ4v) is 1.70. The van der Waals surface area contributed by atoms with E-state index in [9.17, 15) is 5.11 Å². The summed E-state index contributed by atoms with van der Waals surface area (Å²) in [6, 6.07) is 0. The lowest BCUT2D eigenvalue weighted by molar-refractivity contribution is 0.132. The monoisotopic (exact) mass is 167 g/mol. The highest BCUT2D eigenvalue weighted by atomic mass is 16.3. The van der Waals surface area contributed by atoms with Gasteiger partial charge in [0.05, 0.1) is 6.10 Å². The maximum Gasteiger partial charge on any atom is 0.0580 e. The maximum atomic E-state index is 9.47. The zero-order valence-electron chi connectivity index (χ0n) is 7.42. The molecule has 0 saturated heterocycles. The summed E-state index contributed by atoms with van der Waals surface area (Å²) in [5, 5.41) is 12.7. The van der Waals surface area contributed by atoms with Crippen molar-refractivity contribution < 1.29 is 5.11 Å². The smallest absolute Gasteiger partial charge is 0.0580 e. The Morgan fingerprint density at radius 2 is 2.33 bits per heavy atom. The summed E-state index contributed by atoms with van der Waals surface area (Å²) in [6.45, 7) is 1.79. The molecule has 12 heavy (non-hydrogen) atoms. The predicted molar refractivity (Wildman–Crippen MR) is 49.7 cm³/mol. The molecular weight excluding hydrogens is 150 g/mol. The van der Waals surface area contributed by atoms with Gasteiger partial charge in [-0.3, -0.25) is 0 Å². The molecule has 2 unspecified atom stereocenters. The summed E-state index contributed by atoms with van der Waals surface area (Å²) in [5.41, 5.74) is 0. The second-order valence-electron chi connectivity index (χ2n) is 3.42. The van der Waals surface area contributed by atoms with Crippen LogP contribution >= 0.6 is 0 Å². The van der Waals surface area contributed by atoms with Gasteiger partial charge in [0.25, 0.3) is 0 Å². The third kappa shape index (κ3) is 2.84. The van der Waals surface area contributed by atoms with Crippen LogP contribution in [0.5, 0.6) is 0 Å². The molecule has 2 heteroatoms. The number of aliphatic hydroxyl groups is 1. The van der Waals surface area contributed by atoms with Gasteiger partial charge in [-0.05, 0) is 18.8 Å². The summed E-state index contributed by atoms with van der Waals surface area (Å²) in [7, 11) is 0. The third-order valence-electron chi connectivity index (χ3n) is 2.47. The summed E-state index contributed by atoms with van der Waals surface area (Å²) >= 11 is 0. The lowest BCUT2D eigenvalue weighted by Crippen LogP contribution is -2.28. The minimum atomic E-state index is -0.0802. The molecule has 1 fully saturated rings. The molecule has 0 heterocycles. The van der Waals surface area contributed by atoms with Crippen molar-refractivity contribution in [2.24, 2.45) is 5.92 Å². The van der Waals surface area contributed by atoms with Crippen LogP contribution < -0.4 is 5.32 Å². The van der Waals surface area contributed by atoms with E-state index >= 15 is 0 Å². The lowest BCUT2D eigenvalue weighted by atomic mass is 10.1. The minimum Gasteiger partial charge on any atom is -0.393 e. The van der Waals surface area contributed by atoms with Crippen LogP contribution in [0.2, 0.25) is 0 Å². The van der Waals surface area contributed by atoms with Crippen molar-refractivity contribution in [3.63, 3.8) is 0 Å². The molecule has 68 valence electrons. The standard InChI is InChI=1S/C10H17NO/c1-2-3-7-11-8-9-5-4-6-10(9)12/h1,9-12H,3-8H2. The Bertz CT molecular complexity index is 162. The minimum absolute atomic E-state index is 0.0802. The van der Waals surface area contributed by atoms with Crippen molar-refractivity contribution in [3.05, 3.63) is 0 Å². The molecule has 2 N–H and O–H groups in total. The Morgan fingerprint density at radius 1 is 1.50 bits per heavy atom. The Balaban J connectivity index is 2.03. The molecule has 2 nitrogen and oxygen atoms in total. The second-order valence-corrected chi connectivity index (χ2v) is 3.42. The largest absolute Gasteiger partial charge is 0.393 e. The molecule has 1 aliphatic rings. The molecule has 0 aliphatic heterocycles. The van der Waals surface area contributed by atoms with E-state index in [0.717, 1.165) is 32.4 Å². The first-order valence-corrected chi connectivity index (χ1v) is 4.67. The topological polar surface area (TPSA) is 32.3 Å². The molecule has 0 aromatic carbocycles. The number of aliphatic hydroxyl groups excluding tert-OH is 1. The van der Waals surface area contributed by atoms with Gasteiger partial charge < -0.3 is 10.4 Å². The van der Waals surface area contributed by atoms with Crippen molar-refractivity contribution in [1.29, 1.82) is 0 Å². The molecule has 2 atom stereocenters. The van der Waals surface area contributed by atoms with Gasteiger partial charge in [-0.1, -0.05) is 6.42 Å². The molecule has 1 aliphatic carbocycles. The summed E-state index contributed by atoms with van der Waals surface area (Å²) < 4.78 is 0. The zero-order valence-corrected chi connectivity index (χ0v) is 7.42. The van der Waals surface area contributed by atoms with Crippen LogP contribution in [0.1, 0.15) is 25.7 Å². The predicted octanol–water partition coefficient (Wildman–Crippen LogP) is 0.760. The van der Waals surface area contributed by atoms with Gasteiger partial charge in [0.1, 0.15) is 0 Å². The highest BCUT2D eigenvalue weighted by molar-refractivity contribution is 4.85. The summed E-state index contributed by atoms with van der Waals surface area (Å²) in [4.78, 5) is 0. The van der Waals surface area contributed by atoms with E-state index in [4.69, 9.17) is 6.42 Å². The van der Waals surface area contributed by atoms with E-state index in [1.807, 2.05) is 0 Å². The summed E-state index contributed by atoms with van der Waals surface area (Å²) in [6.07, 6.45) is 9.11. The molecule has 0 aromatic rings. The molecule has 1 saturated carbocycles. The van der Waals surface area contributed by atoms with Gasteiger partial charge in [0, 0.05) is 19.5 Å². The molecule has 0 spiro atoms. The number of rotatable bonds is 4. The van der Waals surface area contributed by atoms with Crippen molar-refractivity contribution in [3.8, 4) is 12.3 Å². The molecular formula is C10H17NO. The normalized spacial score (nSPS) is 28.7. The maximum absolute atomic E-state index is 9.47. The Labute approximate surface area is 74.4 Å². The highest BCUT2D eigenvalue weighted by Gasteiger charge is 2.24. The first-order valence-electron chi connectivity index (χ1n) is 4.67. The molecule has 0 bridgehead atoms. The number of terminal acetylenes is 1. The Kier molecular flexibility index (Phi) is 4.13. The van der Waals surface area contributed by atoms with E-state index in [2.05, 4.69) is 11.2 Å². The van der Waals surface area contributed by atoms with Crippen LogP contribution in [0.15, 0.2) is 0 Å². The van der Waals surface area contributed by atoms with Gasteiger partial charge in [-0.15, -0.1) is 12.3 Å². The van der Waals surface area contributed by atoms with Crippen LogP contribution in [0.25, 0.3) is 0 Å². The van der Waals surface area contributed by atoms with Crippen molar-refractivity contribution in [2.45, 2.75) is 31.8 Å². The van der Waals surface area contributed by atoms with E-state index in [1.165, 1.54) is 6.42 Å². The van der Waals surface area contributed by atoms with Crippen molar-refractivity contribution >= 4 is 0 Å². The molecule has 0 radical (unpaired) electrons. The van der Waals surface area contributed by atoms with Crippen LogP contribution in [-0.2, 0) is 0 Å². The average Bonchev–Trinajstić information content (AvgIpc) is 2.46. The van der Waals surface area contributed by atoms with Crippen molar-refractivity contribution in [2.75, 3.05) is 13.1 Å². The highest BCUT2D eigenvalue weighted by Crippen LogP contribution is 2.24. The van der Waals surface area contributed by atoms with Gasteiger partial charge in [0.2, 0.25) is 0 Å². The van der Waals surface area contributed by atoms with E-state index in [-0.39, 0.29) is 6.10 Å². The lowest BCUT2D eigenvalue weighted by Gasteiger charge is -2.14. The van der Waals surface area contributed by atoms with Gasteiger partial charge >= 0.3 is 0 Å². The van der Waals surface area contributed by atoms with Crippen LogP contribution in [0.3, 0.4) is 0 Å². The molecule has 0 aromatic heterocycles. The summed E-state index contributed by atoms with van der Waals surface area (Å²) in [5.74, 6) is 3.04. The van der Waals surface area contributed by atoms with Gasteiger partial charge in [-0.2, -0.15) is 0 Å². The van der Waals surface area contributed by atoms with Crippen LogP contribution in [0.4, 0.5) is 0 Å². The number of hydrogen-bond donors (Lipinski definition) is 2. The average molecular weight is 167 g/mol. The van der Waals surface area contributed by atoms with E-state index in [1.54, 1.807) is 0 Å². The number of nitrogens with one attached hydrogen (secondary N) is 1. The van der Waals surface area contributed by atoms with Crippen LogP contribution in [-0.4, -0.2) is 24.3 Å². The van der Waals surface area contributed by atoms with Crippen molar-refractivity contribution in [1.82, 2.24) is 5.32 Å². The zero-order chi connectivity index (χ0) is 8.81.